The molecule has 4 saturated carbocycles. The molecule has 38 heavy (non-hydrogen) atoms. The first-order chi connectivity index (χ1) is 17.9. The molecule has 1 aromatic rings. The average Bonchev–Trinajstić information content (AvgIpc) is 3.11. The lowest BCUT2D eigenvalue weighted by atomic mass is 9.43. The molecule has 0 heterocycles. The first-order valence-corrected chi connectivity index (χ1v) is 15.3. The lowest BCUT2D eigenvalue weighted by molar-refractivity contribution is -0.207. The topological polar surface area (TPSA) is 89.9 Å². The van der Waals surface area contributed by atoms with E-state index in [2.05, 4.69) is 36.4 Å². The van der Waals surface area contributed by atoms with E-state index in [9.17, 15) is 19.5 Å². The van der Waals surface area contributed by atoms with Crippen molar-refractivity contribution in [3.05, 3.63) is 33.4 Å². The zero-order valence-corrected chi connectivity index (χ0v) is 25.2. The molecule has 208 valence electrons. The fraction of sp³-hybridized carbons (Fsp3) is 0.710. The van der Waals surface area contributed by atoms with Crippen LogP contribution in [0.15, 0.2) is 24.3 Å². The molecule has 0 saturated heterocycles. The number of carbonyl (C=O) groups is 3. The molecule has 0 radical (unpaired) electrons. The second kappa shape index (κ2) is 10.2. The van der Waals surface area contributed by atoms with Crippen LogP contribution in [0, 0.1) is 38.1 Å². The van der Waals surface area contributed by atoms with Gasteiger partial charge in [-0.15, -0.1) is 0 Å². The Morgan fingerprint density at radius 2 is 1.74 bits per heavy atom. The van der Waals surface area contributed by atoms with E-state index in [0.29, 0.717) is 12.3 Å². The predicted molar refractivity (Wildman–Crippen MR) is 151 cm³/mol. The van der Waals surface area contributed by atoms with Crippen molar-refractivity contribution in [2.24, 2.45) is 34.5 Å². The molecule has 4 aliphatic rings. The third-order valence-corrected chi connectivity index (χ3v) is 11.9. The number of ether oxygens (including phenoxy) is 2. The number of fused-ring (bicyclic) bond motifs is 5. The number of rotatable bonds is 5. The van der Waals surface area contributed by atoms with Gasteiger partial charge in [-0.3, -0.25) is 14.4 Å². The molecule has 6 nitrogen and oxygen atoms in total. The van der Waals surface area contributed by atoms with E-state index in [4.69, 9.17) is 9.47 Å². The monoisotopic (exact) mass is 636 g/mol. The number of hydrogen-bond donors (Lipinski definition) is 1. The smallest absolute Gasteiger partial charge is 0.310 e. The quantitative estimate of drug-likeness (QED) is 0.332. The summed E-state index contributed by atoms with van der Waals surface area (Å²) in [5, 5.41) is 11.6. The highest BCUT2D eigenvalue weighted by Crippen LogP contribution is 2.68. The van der Waals surface area contributed by atoms with Gasteiger partial charge in [-0.05, 0) is 122 Å². The molecule has 0 aromatic heterocycles. The summed E-state index contributed by atoms with van der Waals surface area (Å²) in [5.41, 5.74) is -0.842. The zero-order chi connectivity index (χ0) is 27.5. The molecule has 0 aliphatic heterocycles. The maximum Gasteiger partial charge on any atom is 0.310 e. The second-order valence-electron chi connectivity index (χ2n) is 13.0. The lowest BCUT2D eigenvalue weighted by Gasteiger charge is -2.63. The Morgan fingerprint density at radius 3 is 2.42 bits per heavy atom. The van der Waals surface area contributed by atoms with Gasteiger partial charge in [0.25, 0.3) is 0 Å². The van der Waals surface area contributed by atoms with Crippen LogP contribution in [0.2, 0.25) is 0 Å². The van der Waals surface area contributed by atoms with Crippen molar-refractivity contribution in [2.45, 2.75) is 103 Å². The molecule has 7 heteroatoms. The van der Waals surface area contributed by atoms with Crippen LogP contribution >= 0.6 is 22.6 Å². The van der Waals surface area contributed by atoms with E-state index in [0.717, 1.165) is 54.1 Å². The van der Waals surface area contributed by atoms with Gasteiger partial charge in [-0.25, -0.2) is 0 Å². The van der Waals surface area contributed by atoms with Crippen molar-refractivity contribution in [2.75, 3.05) is 0 Å². The average molecular weight is 637 g/mol. The molecule has 6 unspecified atom stereocenters. The third kappa shape index (κ3) is 4.63. The number of ketones is 1. The number of halogens is 1. The van der Waals surface area contributed by atoms with Crippen molar-refractivity contribution in [1.29, 1.82) is 0 Å². The van der Waals surface area contributed by atoms with E-state index in [1.54, 1.807) is 0 Å². The summed E-state index contributed by atoms with van der Waals surface area (Å²) in [5.74, 6) is 0.240. The number of carbonyl (C=O) groups excluding carboxylic acids is 3. The van der Waals surface area contributed by atoms with E-state index < -0.39 is 11.0 Å². The zero-order valence-electron chi connectivity index (χ0n) is 23.0. The third-order valence-electron chi connectivity index (χ3n) is 11.2. The Balaban J connectivity index is 1.46. The molecule has 0 amide bonds. The molecule has 4 aliphatic carbocycles. The first kappa shape index (κ1) is 28.1. The van der Waals surface area contributed by atoms with Gasteiger partial charge in [0.1, 0.15) is 17.8 Å². The summed E-state index contributed by atoms with van der Waals surface area (Å²) in [6, 6.07) is 7.92. The standard InChI is InChI=1S/C31H41IO6/c1-18(33)31(36)13-10-25-28-24(9-12-30(25,31)4)29(3)11-8-23(37-19(2)34)16-21(29)17-26(28)38-27(35)15-20-6-5-7-22(32)14-20/h5-7,14,21,23-26,28,36H,8-13,15-17H2,1-4H3/t21?,23?,24?,25?,26?,28?,29-,30-,31-/m0/s1. The van der Waals surface area contributed by atoms with Crippen LogP contribution in [-0.4, -0.2) is 40.6 Å². The van der Waals surface area contributed by atoms with Crippen molar-refractivity contribution in [1.82, 2.24) is 0 Å². The molecule has 0 bridgehead atoms. The van der Waals surface area contributed by atoms with E-state index in [1.807, 2.05) is 24.3 Å². The number of benzene rings is 1. The van der Waals surface area contributed by atoms with Crippen LogP contribution in [0.4, 0.5) is 0 Å². The first-order valence-electron chi connectivity index (χ1n) is 14.2. The fourth-order valence-electron chi connectivity index (χ4n) is 9.24. The van der Waals surface area contributed by atoms with Crippen molar-refractivity contribution in [3.63, 3.8) is 0 Å². The Bertz CT molecular complexity index is 1120. The van der Waals surface area contributed by atoms with Crippen LogP contribution in [0.5, 0.6) is 0 Å². The maximum atomic E-state index is 13.3. The molecular formula is C31H41IO6. The summed E-state index contributed by atoms with van der Waals surface area (Å²) in [6.07, 6.45) is 6.17. The minimum absolute atomic E-state index is 0.0536. The molecule has 1 N–H and O–H groups in total. The molecule has 9 atom stereocenters. The van der Waals surface area contributed by atoms with Gasteiger partial charge in [-0.2, -0.15) is 0 Å². The normalized spacial score (nSPS) is 41.8. The van der Waals surface area contributed by atoms with Crippen LogP contribution in [0.25, 0.3) is 0 Å². The van der Waals surface area contributed by atoms with Crippen molar-refractivity contribution >= 4 is 40.3 Å². The van der Waals surface area contributed by atoms with Gasteiger partial charge in [-0.1, -0.05) is 26.0 Å². The Kier molecular flexibility index (Phi) is 7.51. The van der Waals surface area contributed by atoms with Gasteiger partial charge < -0.3 is 14.6 Å². The number of aliphatic hydroxyl groups is 1. The Morgan fingerprint density at radius 1 is 1.00 bits per heavy atom. The predicted octanol–water partition coefficient (Wildman–Crippen LogP) is 5.65. The van der Waals surface area contributed by atoms with Gasteiger partial charge in [0.05, 0.1) is 6.42 Å². The summed E-state index contributed by atoms with van der Waals surface area (Å²) in [4.78, 5) is 37.8. The highest BCUT2D eigenvalue weighted by molar-refractivity contribution is 14.1. The molecule has 4 fully saturated rings. The number of hydrogen-bond acceptors (Lipinski definition) is 6. The largest absolute Gasteiger partial charge is 0.463 e. The van der Waals surface area contributed by atoms with E-state index in [-0.39, 0.29) is 59.5 Å². The Labute approximate surface area is 239 Å². The van der Waals surface area contributed by atoms with Crippen molar-refractivity contribution < 1.29 is 29.0 Å². The maximum absolute atomic E-state index is 13.3. The van der Waals surface area contributed by atoms with Crippen LogP contribution in [0.3, 0.4) is 0 Å². The number of Topliss-reactive ketones (excluding diaryl/α,β-unsaturated/α-hetero) is 1. The van der Waals surface area contributed by atoms with Gasteiger partial charge in [0, 0.05) is 21.8 Å². The molecule has 0 spiro atoms. The van der Waals surface area contributed by atoms with Gasteiger partial charge >= 0.3 is 11.9 Å². The summed E-state index contributed by atoms with van der Waals surface area (Å²) in [7, 11) is 0. The molecular weight excluding hydrogens is 595 g/mol. The van der Waals surface area contributed by atoms with E-state index in [1.165, 1.54) is 13.8 Å². The minimum Gasteiger partial charge on any atom is -0.463 e. The highest BCUT2D eigenvalue weighted by Gasteiger charge is 2.68. The molecule has 5 rings (SSSR count). The minimum atomic E-state index is -1.32. The van der Waals surface area contributed by atoms with Gasteiger partial charge in [0.2, 0.25) is 0 Å². The Hall–Kier alpha value is -1.48. The van der Waals surface area contributed by atoms with Crippen LogP contribution in [-0.2, 0) is 30.3 Å². The van der Waals surface area contributed by atoms with Crippen LogP contribution < -0.4 is 0 Å². The summed E-state index contributed by atoms with van der Waals surface area (Å²) in [6.45, 7) is 7.47. The number of esters is 2. The second-order valence-corrected chi connectivity index (χ2v) is 14.2. The van der Waals surface area contributed by atoms with Gasteiger partial charge in [0.15, 0.2) is 5.78 Å². The summed E-state index contributed by atoms with van der Waals surface area (Å²) < 4.78 is 13.1. The van der Waals surface area contributed by atoms with Crippen molar-refractivity contribution in [3.8, 4) is 0 Å². The fourth-order valence-corrected chi connectivity index (χ4v) is 9.85. The molecule has 1 aromatic carbocycles. The highest BCUT2D eigenvalue weighted by atomic mass is 127. The van der Waals surface area contributed by atoms with E-state index >= 15 is 0 Å². The lowest BCUT2D eigenvalue weighted by Crippen LogP contribution is -2.62. The SMILES string of the molecule is CC(=O)OC1CC[C@@]2(C)C(C1)CC(OC(=O)Cc1cccc(I)c1)C1C2CC[C@@]2(C)C1CC[C@]2(O)C(C)=O. The van der Waals surface area contributed by atoms with Crippen LogP contribution in [0.1, 0.15) is 84.6 Å². The summed E-state index contributed by atoms with van der Waals surface area (Å²) >= 11 is 2.25.